The molecule has 1 aromatic rings. The van der Waals surface area contributed by atoms with Crippen molar-refractivity contribution in [1.82, 2.24) is 4.98 Å². The van der Waals surface area contributed by atoms with Gasteiger partial charge in [-0.1, -0.05) is 11.6 Å². The zero-order valence-corrected chi connectivity index (χ0v) is 11.6. The number of unbranched alkanes of at least 4 members (excludes halogenated alkanes) is 2. The summed E-state index contributed by atoms with van der Waals surface area (Å²) in [4.78, 5) is 6.36. The van der Waals surface area contributed by atoms with Crippen molar-refractivity contribution < 1.29 is 5.11 Å². The van der Waals surface area contributed by atoms with Gasteiger partial charge in [0.25, 0.3) is 0 Å². The van der Waals surface area contributed by atoms with Crippen LogP contribution in [0, 0.1) is 0 Å². The van der Waals surface area contributed by atoms with E-state index in [-0.39, 0.29) is 6.61 Å². The summed E-state index contributed by atoms with van der Waals surface area (Å²) in [6.07, 6.45) is 4.59. The lowest BCUT2D eigenvalue weighted by atomic mass is 10.2. The average molecular weight is 308 g/mol. The van der Waals surface area contributed by atoms with Crippen LogP contribution in [0.1, 0.15) is 19.3 Å². The van der Waals surface area contributed by atoms with E-state index < -0.39 is 0 Å². The number of nitrogens with zero attached hydrogens (tertiary/aromatic N) is 2. The number of rotatable bonds is 6. The minimum atomic E-state index is 0.270. The molecule has 0 bridgehead atoms. The van der Waals surface area contributed by atoms with Gasteiger partial charge in [0, 0.05) is 26.4 Å². The molecule has 0 radical (unpaired) electrons. The van der Waals surface area contributed by atoms with E-state index in [4.69, 9.17) is 16.7 Å². The van der Waals surface area contributed by atoms with E-state index in [0.717, 1.165) is 36.1 Å². The van der Waals surface area contributed by atoms with Gasteiger partial charge in [-0.2, -0.15) is 0 Å². The van der Waals surface area contributed by atoms with Crippen LogP contribution in [0.25, 0.3) is 0 Å². The van der Waals surface area contributed by atoms with Crippen LogP contribution in [-0.2, 0) is 0 Å². The first-order chi connectivity index (χ1) is 7.65. The van der Waals surface area contributed by atoms with Crippen molar-refractivity contribution in [2.75, 3.05) is 25.1 Å². The van der Waals surface area contributed by atoms with Crippen LogP contribution in [0.15, 0.2) is 16.7 Å². The van der Waals surface area contributed by atoms with Crippen LogP contribution in [0.5, 0.6) is 0 Å². The van der Waals surface area contributed by atoms with E-state index in [0.29, 0.717) is 5.02 Å². The number of halogens is 2. The van der Waals surface area contributed by atoms with Gasteiger partial charge >= 0.3 is 0 Å². The molecule has 0 aliphatic rings. The Morgan fingerprint density at radius 3 is 2.81 bits per heavy atom. The molecule has 90 valence electrons. The van der Waals surface area contributed by atoms with Crippen LogP contribution < -0.4 is 4.90 Å². The molecular formula is C11H16BrClN2O. The molecule has 0 saturated carbocycles. The highest BCUT2D eigenvalue weighted by Crippen LogP contribution is 2.25. The Morgan fingerprint density at radius 2 is 2.19 bits per heavy atom. The minimum absolute atomic E-state index is 0.270. The fourth-order valence-corrected chi connectivity index (χ4v) is 2.37. The van der Waals surface area contributed by atoms with Gasteiger partial charge in [-0.05, 0) is 41.3 Å². The summed E-state index contributed by atoms with van der Waals surface area (Å²) in [5, 5.41) is 9.30. The van der Waals surface area contributed by atoms with E-state index in [9.17, 15) is 0 Å². The maximum atomic E-state index is 8.68. The molecule has 1 heterocycles. The van der Waals surface area contributed by atoms with Crippen molar-refractivity contribution in [3.63, 3.8) is 0 Å². The second-order valence-electron chi connectivity index (χ2n) is 3.66. The van der Waals surface area contributed by atoms with Crippen LogP contribution in [0.4, 0.5) is 5.82 Å². The third-order valence-corrected chi connectivity index (χ3v) is 3.09. The second-order valence-corrected chi connectivity index (χ2v) is 4.96. The van der Waals surface area contributed by atoms with E-state index in [2.05, 4.69) is 25.8 Å². The van der Waals surface area contributed by atoms with Crippen LogP contribution in [-0.4, -0.2) is 30.3 Å². The molecule has 1 N–H and O–H groups in total. The highest BCUT2D eigenvalue weighted by atomic mass is 79.9. The molecule has 0 saturated heterocycles. The first-order valence-corrected chi connectivity index (χ1v) is 6.45. The van der Waals surface area contributed by atoms with Gasteiger partial charge in [-0.3, -0.25) is 0 Å². The molecular weight excluding hydrogens is 291 g/mol. The first kappa shape index (κ1) is 13.7. The molecule has 0 spiro atoms. The van der Waals surface area contributed by atoms with E-state index >= 15 is 0 Å². The largest absolute Gasteiger partial charge is 0.396 e. The Morgan fingerprint density at radius 1 is 1.44 bits per heavy atom. The number of hydrogen-bond acceptors (Lipinski definition) is 3. The standard InChI is InChI=1S/C11H16BrClN2O/c1-15(5-3-2-4-6-16)11-10(12)7-9(13)8-14-11/h7-8,16H,2-6H2,1H3. The predicted octanol–water partition coefficient (Wildman–Crippen LogP) is 3.10. The first-order valence-electron chi connectivity index (χ1n) is 5.28. The van der Waals surface area contributed by atoms with Gasteiger partial charge in [0.1, 0.15) is 5.82 Å². The lowest BCUT2D eigenvalue weighted by Gasteiger charge is -2.19. The number of aliphatic hydroxyl groups excluding tert-OH is 1. The van der Waals surface area contributed by atoms with Gasteiger partial charge in [0.05, 0.1) is 9.50 Å². The molecule has 3 nitrogen and oxygen atoms in total. The summed E-state index contributed by atoms with van der Waals surface area (Å²) in [5.41, 5.74) is 0. The van der Waals surface area contributed by atoms with Gasteiger partial charge in [-0.25, -0.2) is 4.98 Å². The Kier molecular flexibility index (Phi) is 6.09. The SMILES string of the molecule is CN(CCCCCO)c1ncc(Cl)cc1Br. The molecule has 5 heteroatoms. The van der Waals surface area contributed by atoms with Crippen molar-refractivity contribution in [1.29, 1.82) is 0 Å². The van der Waals surface area contributed by atoms with E-state index in [1.165, 1.54) is 0 Å². The van der Waals surface area contributed by atoms with E-state index in [1.54, 1.807) is 6.20 Å². The highest BCUT2D eigenvalue weighted by molar-refractivity contribution is 9.10. The quantitative estimate of drug-likeness (QED) is 0.821. The van der Waals surface area contributed by atoms with E-state index in [1.807, 2.05) is 13.1 Å². The van der Waals surface area contributed by atoms with Crippen LogP contribution >= 0.6 is 27.5 Å². The number of pyridine rings is 1. The summed E-state index contributed by atoms with van der Waals surface area (Å²) in [5.74, 6) is 0.897. The average Bonchev–Trinajstić information content (AvgIpc) is 2.24. The zero-order valence-electron chi connectivity index (χ0n) is 9.29. The molecule has 0 amide bonds. The molecule has 0 atom stereocenters. The lowest BCUT2D eigenvalue weighted by Crippen LogP contribution is -2.20. The van der Waals surface area contributed by atoms with Crippen molar-refractivity contribution in [2.45, 2.75) is 19.3 Å². The fraction of sp³-hybridized carbons (Fsp3) is 0.545. The Bertz CT molecular complexity index is 336. The maximum absolute atomic E-state index is 8.68. The van der Waals surface area contributed by atoms with Crippen molar-refractivity contribution >= 4 is 33.3 Å². The molecule has 0 aliphatic carbocycles. The molecule has 0 aliphatic heterocycles. The molecule has 0 aromatic carbocycles. The third-order valence-electron chi connectivity index (χ3n) is 2.30. The monoisotopic (exact) mass is 306 g/mol. The molecule has 0 fully saturated rings. The number of hydrogen-bond donors (Lipinski definition) is 1. The summed E-state index contributed by atoms with van der Waals surface area (Å²) in [6, 6.07) is 1.84. The minimum Gasteiger partial charge on any atom is -0.396 e. The number of aromatic nitrogens is 1. The molecule has 0 unspecified atom stereocenters. The fourth-order valence-electron chi connectivity index (χ4n) is 1.43. The highest BCUT2D eigenvalue weighted by Gasteiger charge is 2.07. The molecule has 16 heavy (non-hydrogen) atoms. The Hall–Kier alpha value is -0.320. The smallest absolute Gasteiger partial charge is 0.142 e. The normalized spacial score (nSPS) is 10.5. The summed E-state index contributed by atoms with van der Waals surface area (Å²) in [6.45, 7) is 1.19. The summed E-state index contributed by atoms with van der Waals surface area (Å²) >= 11 is 9.27. The van der Waals surface area contributed by atoms with Crippen molar-refractivity contribution in [2.24, 2.45) is 0 Å². The molecule has 1 aromatic heterocycles. The number of aliphatic hydroxyl groups is 1. The Labute approximate surface area is 110 Å². The van der Waals surface area contributed by atoms with Crippen LogP contribution in [0.2, 0.25) is 5.02 Å². The molecule has 1 rings (SSSR count). The predicted molar refractivity (Wildman–Crippen MR) is 71.2 cm³/mol. The van der Waals surface area contributed by atoms with Crippen LogP contribution in [0.3, 0.4) is 0 Å². The summed E-state index contributed by atoms with van der Waals surface area (Å²) in [7, 11) is 2.00. The second kappa shape index (κ2) is 7.09. The van der Waals surface area contributed by atoms with Gasteiger partial charge in [-0.15, -0.1) is 0 Å². The third kappa shape index (κ3) is 4.28. The lowest BCUT2D eigenvalue weighted by molar-refractivity contribution is 0.283. The van der Waals surface area contributed by atoms with Crippen molar-refractivity contribution in [3.05, 3.63) is 21.8 Å². The maximum Gasteiger partial charge on any atom is 0.142 e. The zero-order chi connectivity index (χ0) is 12.0. The topological polar surface area (TPSA) is 36.4 Å². The van der Waals surface area contributed by atoms with Crippen molar-refractivity contribution in [3.8, 4) is 0 Å². The van der Waals surface area contributed by atoms with Gasteiger partial charge < -0.3 is 10.0 Å². The van der Waals surface area contributed by atoms with Gasteiger partial charge in [0.2, 0.25) is 0 Å². The summed E-state index contributed by atoms with van der Waals surface area (Å²) < 4.78 is 0.907. The number of anilines is 1. The Balaban J connectivity index is 2.49. The van der Waals surface area contributed by atoms with Gasteiger partial charge in [0.15, 0.2) is 0 Å².